The Kier molecular flexibility index (Phi) is 6.47. The van der Waals surface area contributed by atoms with E-state index in [0.717, 1.165) is 29.8 Å². The lowest BCUT2D eigenvalue weighted by atomic mass is 9.62. The maximum Gasteiger partial charge on any atom is 0.163 e. The second kappa shape index (κ2) is 10.8. The highest BCUT2D eigenvalue weighted by Crippen LogP contribution is 2.67. The summed E-state index contributed by atoms with van der Waals surface area (Å²) >= 11 is 0. The second-order valence-corrected chi connectivity index (χ2v) is 15.8. The van der Waals surface area contributed by atoms with E-state index in [1.54, 1.807) is 5.57 Å². The summed E-state index contributed by atoms with van der Waals surface area (Å²) in [6.45, 7) is 9.62. The maximum atomic E-state index is 5.24. The van der Waals surface area contributed by atoms with Crippen molar-refractivity contribution >= 4 is 11.4 Å². The number of para-hydroxylation sites is 1. The monoisotopic (exact) mass is 662 g/mol. The van der Waals surface area contributed by atoms with Gasteiger partial charge in [0.2, 0.25) is 0 Å². The van der Waals surface area contributed by atoms with Crippen LogP contribution in [0.15, 0.2) is 162 Å². The molecule has 4 nitrogen and oxygen atoms in total. The van der Waals surface area contributed by atoms with Crippen molar-refractivity contribution < 1.29 is 0 Å². The van der Waals surface area contributed by atoms with E-state index in [2.05, 4.69) is 154 Å². The van der Waals surface area contributed by atoms with Crippen LogP contribution in [0.5, 0.6) is 0 Å². The van der Waals surface area contributed by atoms with Crippen molar-refractivity contribution in [2.45, 2.75) is 57.4 Å². The lowest BCUT2D eigenvalue weighted by Crippen LogP contribution is -2.45. The zero-order valence-electron chi connectivity index (χ0n) is 29.7. The van der Waals surface area contributed by atoms with Gasteiger partial charge in [-0.25, -0.2) is 15.0 Å². The first-order valence-corrected chi connectivity index (χ1v) is 18.5. The summed E-state index contributed by atoms with van der Waals surface area (Å²) in [5.74, 6) is 3.07. The van der Waals surface area contributed by atoms with Gasteiger partial charge in [0.1, 0.15) is 5.82 Å². The summed E-state index contributed by atoms with van der Waals surface area (Å²) in [5, 5.41) is 0. The summed E-state index contributed by atoms with van der Waals surface area (Å²) in [5.41, 5.74) is 11.4. The van der Waals surface area contributed by atoms with E-state index < -0.39 is 0 Å². The topological polar surface area (TPSA) is 41.9 Å². The minimum absolute atomic E-state index is 0.0148. The first-order chi connectivity index (χ1) is 24.8. The Morgan fingerprint density at radius 3 is 2.27 bits per heavy atom. The van der Waals surface area contributed by atoms with E-state index in [4.69, 9.17) is 15.0 Å². The number of hydrogen-bond donors (Lipinski definition) is 0. The highest BCUT2D eigenvalue weighted by molar-refractivity contribution is 5.85. The third-order valence-corrected chi connectivity index (χ3v) is 12.7. The van der Waals surface area contributed by atoms with Gasteiger partial charge in [-0.15, -0.1) is 0 Å². The molecule has 0 fully saturated rings. The van der Waals surface area contributed by atoms with Crippen LogP contribution in [0.4, 0.5) is 11.4 Å². The Morgan fingerprint density at radius 1 is 0.765 bits per heavy atom. The van der Waals surface area contributed by atoms with Crippen LogP contribution in [-0.4, -0.2) is 21.0 Å². The minimum Gasteiger partial charge on any atom is -0.333 e. The fourth-order valence-corrected chi connectivity index (χ4v) is 10.1. The molecule has 6 unspecified atom stereocenters. The van der Waals surface area contributed by atoms with Crippen molar-refractivity contribution in [1.29, 1.82) is 0 Å². The van der Waals surface area contributed by atoms with Crippen molar-refractivity contribution in [2.75, 3.05) is 4.90 Å². The molecule has 0 saturated heterocycles. The quantitative estimate of drug-likeness (QED) is 0.218. The van der Waals surface area contributed by atoms with Crippen LogP contribution in [0.2, 0.25) is 0 Å². The van der Waals surface area contributed by atoms with Gasteiger partial charge in [0.25, 0.3) is 0 Å². The number of benzene rings is 3. The zero-order chi connectivity index (χ0) is 34.5. The lowest BCUT2D eigenvalue weighted by molar-refractivity contribution is 0.396. The molecule has 1 aliphatic heterocycles. The second-order valence-electron chi connectivity index (χ2n) is 15.8. The van der Waals surface area contributed by atoms with Crippen molar-refractivity contribution in [3.63, 3.8) is 0 Å². The molecule has 10 rings (SSSR count). The summed E-state index contributed by atoms with van der Waals surface area (Å²) in [6, 6.07) is 28.4. The number of hydrogen-bond acceptors (Lipinski definition) is 4. The Balaban J connectivity index is 1.19. The molecule has 0 saturated carbocycles. The van der Waals surface area contributed by atoms with Gasteiger partial charge >= 0.3 is 0 Å². The van der Waals surface area contributed by atoms with E-state index >= 15 is 0 Å². The van der Waals surface area contributed by atoms with Gasteiger partial charge in [-0.3, -0.25) is 0 Å². The average molecular weight is 663 g/mol. The van der Waals surface area contributed by atoms with Gasteiger partial charge in [-0.05, 0) is 78.7 Å². The molecule has 0 amide bonds. The molecule has 4 heteroatoms. The number of rotatable bonds is 4. The third kappa shape index (κ3) is 4.22. The SMILES string of the molecule is CC1CC=C2C3=C1C1(C)C=CC=CC1C3=CC1N(c3ccccc3)c3cc(-c4nc(-c5ccccc5)nc(C5(C)C=CC=CC5)n4)ccc3C21C. The van der Waals surface area contributed by atoms with Crippen LogP contribution in [0.25, 0.3) is 22.8 Å². The molecule has 6 aliphatic rings. The van der Waals surface area contributed by atoms with E-state index in [-0.39, 0.29) is 22.3 Å². The van der Waals surface area contributed by atoms with Gasteiger partial charge in [0.15, 0.2) is 11.6 Å². The van der Waals surface area contributed by atoms with Crippen LogP contribution in [0, 0.1) is 17.3 Å². The summed E-state index contributed by atoms with van der Waals surface area (Å²) in [6.07, 6.45) is 25.2. The van der Waals surface area contributed by atoms with E-state index in [0.29, 0.717) is 23.5 Å². The van der Waals surface area contributed by atoms with Gasteiger partial charge in [-0.2, -0.15) is 0 Å². The molecule has 0 bridgehead atoms. The molecule has 3 aromatic carbocycles. The fraction of sp³-hybridized carbons (Fsp3) is 0.255. The molecule has 250 valence electrons. The largest absolute Gasteiger partial charge is 0.333 e. The molecule has 51 heavy (non-hydrogen) atoms. The van der Waals surface area contributed by atoms with Crippen molar-refractivity contribution in [3.8, 4) is 22.8 Å². The normalized spacial score (nSPS) is 30.8. The molecular formula is C47H42N4. The van der Waals surface area contributed by atoms with Crippen LogP contribution >= 0.6 is 0 Å². The fourth-order valence-electron chi connectivity index (χ4n) is 10.1. The van der Waals surface area contributed by atoms with E-state index in [1.165, 1.54) is 33.7 Å². The molecular weight excluding hydrogens is 621 g/mol. The molecule has 2 heterocycles. The summed E-state index contributed by atoms with van der Waals surface area (Å²) < 4.78 is 0. The molecule has 4 aromatic rings. The first-order valence-electron chi connectivity index (χ1n) is 18.5. The summed E-state index contributed by atoms with van der Waals surface area (Å²) in [7, 11) is 0. The van der Waals surface area contributed by atoms with Crippen LogP contribution in [0.1, 0.15) is 51.9 Å². The van der Waals surface area contributed by atoms with Gasteiger partial charge in [-0.1, -0.05) is 135 Å². The molecule has 1 aromatic heterocycles. The number of nitrogens with zero attached hydrogens (tertiary/aromatic N) is 4. The lowest BCUT2D eigenvalue weighted by Gasteiger charge is -2.44. The Hall–Kier alpha value is -5.35. The summed E-state index contributed by atoms with van der Waals surface area (Å²) in [4.78, 5) is 18.1. The zero-order valence-corrected chi connectivity index (χ0v) is 29.7. The first kappa shape index (κ1) is 30.5. The van der Waals surface area contributed by atoms with Gasteiger partial charge in [0, 0.05) is 44.7 Å². The molecule has 0 N–H and O–H groups in total. The van der Waals surface area contributed by atoms with Crippen molar-refractivity contribution in [3.05, 3.63) is 173 Å². The third-order valence-electron chi connectivity index (χ3n) is 12.7. The van der Waals surface area contributed by atoms with Gasteiger partial charge < -0.3 is 4.90 Å². The van der Waals surface area contributed by atoms with Crippen LogP contribution in [0.3, 0.4) is 0 Å². The Labute approximate surface area is 301 Å². The smallest absolute Gasteiger partial charge is 0.163 e. The van der Waals surface area contributed by atoms with Crippen molar-refractivity contribution in [2.24, 2.45) is 17.3 Å². The number of anilines is 2. The average Bonchev–Trinajstić information content (AvgIpc) is 3.59. The highest BCUT2D eigenvalue weighted by atomic mass is 15.2. The van der Waals surface area contributed by atoms with Crippen LogP contribution < -0.4 is 4.90 Å². The highest BCUT2D eigenvalue weighted by Gasteiger charge is 2.59. The molecule has 0 spiro atoms. The minimum atomic E-state index is -0.317. The van der Waals surface area contributed by atoms with Gasteiger partial charge in [0.05, 0.1) is 6.04 Å². The van der Waals surface area contributed by atoms with Crippen LogP contribution in [-0.2, 0) is 10.8 Å². The Bertz CT molecular complexity index is 2340. The predicted molar refractivity (Wildman–Crippen MR) is 208 cm³/mol. The molecule has 0 radical (unpaired) electrons. The molecule has 5 aliphatic carbocycles. The van der Waals surface area contributed by atoms with Crippen molar-refractivity contribution in [1.82, 2.24) is 15.0 Å². The Morgan fingerprint density at radius 2 is 1.51 bits per heavy atom. The number of allylic oxidation sites excluding steroid dienone is 12. The van der Waals surface area contributed by atoms with E-state index in [9.17, 15) is 0 Å². The molecule has 6 atom stereocenters. The maximum absolute atomic E-state index is 5.24. The number of aromatic nitrogens is 3. The standard InChI is InChI=1S/C47H42N4/c1-30-21-23-37-40-34(35-20-12-15-27-46(35,3)41(30)40)29-39-47(37,4)36-24-22-32(28-38(36)51(39)33-18-10-6-11-19-33)43-48-42(31-16-8-5-9-17-31)49-44(50-43)45(2)25-13-7-14-26-45/h5-20,22-25,27-30,35,39H,21,26H2,1-4H3. The number of fused-ring (bicyclic) bond motifs is 7. The predicted octanol–water partition coefficient (Wildman–Crippen LogP) is 10.7. The van der Waals surface area contributed by atoms with E-state index in [1.807, 2.05) is 18.2 Å².